The summed E-state index contributed by atoms with van der Waals surface area (Å²) in [7, 11) is -0.384. The van der Waals surface area contributed by atoms with Gasteiger partial charge in [-0.25, -0.2) is 12.7 Å². The molecule has 0 aliphatic carbocycles. The molecule has 0 bridgehead atoms. The van der Waals surface area contributed by atoms with Gasteiger partial charge in [-0.2, -0.15) is 0 Å². The molecule has 1 heterocycles. The molecule has 0 spiro atoms. The van der Waals surface area contributed by atoms with E-state index in [9.17, 15) is 8.42 Å². The molecule has 0 fully saturated rings. The largest absolute Gasteiger partial charge is 0.493 e. The SMILES string of the molecule is CSc1nnc(SCCOc2ccc(S(=O)(=O)N(C)C)cc2)s1. The van der Waals surface area contributed by atoms with Crippen molar-refractivity contribution in [3.05, 3.63) is 24.3 Å². The molecule has 23 heavy (non-hydrogen) atoms. The minimum atomic E-state index is -3.40. The molecular formula is C13H17N3O3S4. The van der Waals surface area contributed by atoms with Crippen LogP contribution in [0.4, 0.5) is 0 Å². The Balaban J connectivity index is 1.82. The third kappa shape index (κ3) is 5.08. The molecule has 1 aromatic heterocycles. The van der Waals surface area contributed by atoms with Gasteiger partial charge in [-0.1, -0.05) is 34.9 Å². The predicted octanol–water partition coefficient (Wildman–Crippen LogP) is 2.68. The number of hydrogen-bond acceptors (Lipinski definition) is 8. The Morgan fingerprint density at radius 1 is 1.17 bits per heavy atom. The van der Waals surface area contributed by atoms with Gasteiger partial charge in [0.05, 0.1) is 11.5 Å². The molecule has 2 rings (SSSR count). The maximum atomic E-state index is 12.0. The highest BCUT2D eigenvalue weighted by atomic mass is 32.2. The average molecular weight is 392 g/mol. The predicted molar refractivity (Wildman–Crippen MR) is 95.2 cm³/mol. The molecule has 0 radical (unpaired) electrons. The molecule has 0 aliphatic rings. The number of aromatic nitrogens is 2. The fraction of sp³-hybridized carbons (Fsp3) is 0.385. The lowest BCUT2D eigenvalue weighted by atomic mass is 10.3. The van der Waals surface area contributed by atoms with E-state index in [1.165, 1.54) is 18.4 Å². The van der Waals surface area contributed by atoms with Crippen LogP contribution in [0.2, 0.25) is 0 Å². The first-order chi connectivity index (χ1) is 10.9. The first-order valence-corrected chi connectivity index (χ1v) is 11.1. The van der Waals surface area contributed by atoms with Crippen LogP contribution >= 0.6 is 34.9 Å². The summed E-state index contributed by atoms with van der Waals surface area (Å²) in [5, 5.41) is 8.10. The Kier molecular flexibility index (Phi) is 6.72. The smallest absolute Gasteiger partial charge is 0.242 e. The zero-order chi connectivity index (χ0) is 16.9. The van der Waals surface area contributed by atoms with E-state index in [1.807, 2.05) is 6.26 Å². The van der Waals surface area contributed by atoms with E-state index in [0.29, 0.717) is 12.4 Å². The molecule has 126 valence electrons. The molecule has 0 aliphatic heterocycles. The Bertz CT molecular complexity index is 729. The quantitative estimate of drug-likeness (QED) is 0.506. The molecule has 2 aromatic rings. The Morgan fingerprint density at radius 3 is 2.39 bits per heavy atom. The minimum Gasteiger partial charge on any atom is -0.493 e. The summed E-state index contributed by atoms with van der Waals surface area (Å²) in [5.41, 5.74) is 0. The highest BCUT2D eigenvalue weighted by molar-refractivity contribution is 8.02. The second-order valence-electron chi connectivity index (χ2n) is 4.49. The molecular weight excluding hydrogens is 374 g/mol. The van der Waals surface area contributed by atoms with E-state index < -0.39 is 10.0 Å². The fourth-order valence-corrected chi connectivity index (χ4v) is 4.77. The molecule has 0 atom stereocenters. The van der Waals surface area contributed by atoms with Gasteiger partial charge < -0.3 is 4.74 Å². The zero-order valence-corrected chi connectivity index (χ0v) is 16.2. The second kappa shape index (κ2) is 8.34. The molecule has 0 saturated carbocycles. The van der Waals surface area contributed by atoms with Crippen LogP contribution in [0.5, 0.6) is 5.75 Å². The fourth-order valence-electron chi connectivity index (χ4n) is 1.55. The van der Waals surface area contributed by atoms with Crippen molar-refractivity contribution in [1.82, 2.24) is 14.5 Å². The summed E-state index contributed by atoms with van der Waals surface area (Å²) in [5.74, 6) is 1.39. The van der Waals surface area contributed by atoms with Crippen molar-refractivity contribution < 1.29 is 13.2 Å². The maximum absolute atomic E-state index is 12.0. The van der Waals surface area contributed by atoms with Crippen molar-refractivity contribution >= 4 is 44.9 Å². The third-order valence-electron chi connectivity index (χ3n) is 2.74. The lowest BCUT2D eigenvalue weighted by Gasteiger charge is -2.12. The van der Waals surface area contributed by atoms with Crippen molar-refractivity contribution in [2.45, 2.75) is 13.6 Å². The van der Waals surface area contributed by atoms with Crippen LogP contribution in [0.25, 0.3) is 0 Å². The number of ether oxygens (including phenoxy) is 1. The average Bonchev–Trinajstić information content (AvgIpc) is 3.00. The lowest BCUT2D eigenvalue weighted by Crippen LogP contribution is -2.22. The van der Waals surface area contributed by atoms with E-state index in [0.717, 1.165) is 14.4 Å². The normalized spacial score (nSPS) is 11.8. The number of benzene rings is 1. The third-order valence-corrected chi connectivity index (χ3v) is 7.57. The molecule has 0 saturated heterocycles. The van der Waals surface area contributed by atoms with Crippen LogP contribution in [-0.4, -0.2) is 55.6 Å². The Labute approximate surface area is 148 Å². The van der Waals surface area contributed by atoms with Crippen LogP contribution in [0, 0.1) is 0 Å². The van der Waals surface area contributed by atoms with Gasteiger partial charge in [0.1, 0.15) is 5.75 Å². The van der Waals surface area contributed by atoms with E-state index >= 15 is 0 Å². The van der Waals surface area contributed by atoms with Crippen LogP contribution in [0.1, 0.15) is 0 Å². The number of rotatable bonds is 8. The first-order valence-electron chi connectivity index (χ1n) is 6.59. The van der Waals surface area contributed by atoms with Crippen LogP contribution in [0.15, 0.2) is 37.8 Å². The molecule has 10 heteroatoms. The van der Waals surface area contributed by atoms with Gasteiger partial charge in [-0.05, 0) is 30.5 Å². The number of nitrogens with zero attached hydrogens (tertiary/aromatic N) is 3. The maximum Gasteiger partial charge on any atom is 0.242 e. The highest BCUT2D eigenvalue weighted by Gasteiger charge is 2.16. The molecule has 0 N–H and O–H groups in total. The van der Waals surface area contributed by atoms with Gasteiger partial charge in [0.2, 0.25) is 10.0 Å². The van der Waals surface area contributed by atoms with Gasteiger partial charge in [-0.3, -0.25) is 0 Å². The number of thioether (sulfide) groups is 2. The Morgan fingerprint density at radius 2 is 1.83 bits per heavy atom. The van der Waals surface area contributed by atoms with Crippen LogP contribution < -0.4 is 4.74 Å². The highest BCUT2D eigenvalue weighted by Crippen LogP contribution is 2.27. The number of hydrogen-bond donors (Lipinski definition) is 0. The van der Waals surface area contributed by atoms with Crippen LogP contribution in [-0.2, 0) is 10.0 Å². The molecule has 0 unspecified atom stereocenters. The van der Waals surface area contributed by atoms with E-state index in [4.69, 9.17) is 4.74 Å². The summed E-state index contributed by atoms with van der Waals surface area (Å²) in [6, 6.07) is 6.43. The van der Waals surface area contributed by atoms with E-state index in [2.05, 4.69) is 10.2 Å². The monoisotopic (exact) mass is 391 g/mol. The van der Waals surface area contributed by atoms with Gasteiger partial charge >= 0.3 is 0 Å². The van der Waals surface area contributed by atoms with Gasteiger partial charge in [0.15, 0.2) is 8.68 Å². The van der Waals surface area contributed by atoms with Crippen molar-refractivity contribution in [1.29, 1.82) is 0 Å². The summed E-state index contributed by atoms with van der Waals surface area (Å²) in [6.45, 7) is 0.513. The topological polar surface area (TPSA) is 72.4 Å². The van der Waals surface area contributed by atoms with Crippen molar-refractivity contribution in [3.8, 4) is 5.75 Å². The summed E-state index contributed by atoms with van der Waals surface area (Å²) in [4.78, 5) is 0.252. The molecule has 6 nitrogen and oxygen atoms in total. The standard InChI is InChI=1S/C13H17N3O3S4/c1-16(2)23(17,18)11-6-4-10(5-7-11)19-8-9-21-13-15-14-12(20-3)22-13/h4-7H,8-9H2,1-3H3. The van der Waals surface area contributed by atoms with E-state index in [1.54, 1.807) is 59.1 Å². The van der Waals surface area contributed by atoms with Gasteiger partial charge in [0.25, 0.3) is 0 Å². The molecule has 0 amide bonds. The Hall–Kier alpha value is -0.810. The van der Waals surface area contributed by atoms with Gasteiger partial charge in [0, 0.05) is 19.8 Å². The van der Waals surface area contributed by atoms with Crippen molar-refractivity contribution in [2.75, 3.05) is 32.7 Å². The van der Waals surface area contributed by atoms with Crippen molar-refractivity contribution in [2.24, 2.45) is 0 Å². The van der Waals surface area contributed by atoms with E-state index in [-0.39, 0.29) is 4.90 Å². The zero-order valence-electron chi connectivity index (χ0n) is 12.9. The lowest BCUT2D eigenvalue weighted by molar-refractivity contribution is 0.343. The minimum absolute atomic E-state index is 0.252. The van der Waals surface area contributed by atoms with Crippen molar-refractivity contribution in [3.63, 3.8) is 0 Å². The van der Waals surface area contributed by atoms with Crippen LogP contribution in [0.3, 0.4) is 0 Å². The summed E-state index contributed by atoms with van der Waals surface area (Å²) >= 11 is 4.73. The van der Waals surface area contributed by atoms with Gasteiger partial charge in [-0.15, -0.1) is 10.2 Å². The summed E-state index contributed by atoms with van der Waals surface area (Å²) in [6.07, 6.45) is 1.97. The second-order valence-corrected chi connectivity index (χ2v) is 10.0. The molecule has 1 aromatic carbocycles. The number of sulfonamides is 1. The first kappa shape index (κ1) is 18.5. The summed E-state index contributed by atoms with van der Waals surface area (Å²) < 4.78 is 32.6.